The van der Waals surface area contributed by atoms with Crippen molar-refractivity contribution in [3.63, 3.8) is 0 Å². The first-order valence-electron chi connectivity index (χ1n) is 8.28. The van der Waals surface area contributed by atoms with E-state index in [4.69, 9.17) is 0 Å². The van der Waals surface area contributed by atoms with Crippen LogP contribution in [0.3, 0.4) is 0 Å². The summed E-state index contributed by atoms with van der Waals surface area (Å²) in [5, 5.41) is 3.73. The number of rotatable bonds is 7. The molecule has 1 atom stereocenters. The van der Waals surface area contributed by atoms with Gasteiger partial charge in [0, 0.05) is 6.04 Å². The highest BCUT2D eigenvalue weighted by molar-refractivity contribution is 5.85. The van der Waals surface area contributed by atoms with Crippen LogP contribution >= 0.6 is 12.4 Å². The molecule has 0 aliphatic carbocycles. The molecule has 0 aliphatic heterocycles. The minimum absolute atomic E-state index is 0. The Bertz CT molecular complexity index is 683. The Balaban J connectivity index is 0.00000208. The van der Waals surface area contributed by atoms with E-state index >= 15 is 0 Å². The Hall–Kier alpha value is -2.09. The summed E-state index contributed by atoms with van der Waals surface area (Å²) in [4.78, 5) is 0. The summed E-state index contributed by atoms with van der Waals surface area (Å²) in [6.45, 7) is 0.983. The van der Waals surface area contributed by atoms with Gasteiger partial charge in [-0.3, -0.25) is 0 Å². The lowest BCUT2D eigenvalue weighted by Gasteiger charge is -2.19. The number of benzene rings is 3. The normalized spacial score (nSPS) is 11.5. The van der Waals surface area contributed by atoms with Gasteiger partial charge in [-0.05, 0) is 36.1 Å². The first-order chi connectivity index (χ1) is 11.4. The maximum absolute atomic E-state index is 3.73. The Morgan fingerprint density at radius 3 is 1.71 bits per heavy atom. The molecule has 124 valence electrons. The van der Waals surface area contributed by atoms with E-state index in [9.17, 15) is 0 Å². The van der Waals surface area contributed by atoms with E-state index in [0.29, 0.717) is 6.04 Å². The molecule has 0 heterocycles. The van der Waals surface area contributed by atoms with Gasteiger partial charge in [0.05, 0.1) is 0 Å². The van der Waals surface area contributed by atoms with Crippen LogP contribution in [-0.4, -0.2) is 6.54 Å². The lowest BCUT2D eigenvalue weighted by atomic mass is 9.98. The molecule has 0 amide bonds. The van der Waals surface area contributed by atoms with Gasteiger partial charge in [-0.15, -0.1) is 12.4 Å². The van der Waals surface area contributed by atoms with Crippen molar-refractivity contribution in [1.29, 1.82) is 0 Å². The van der Waals surface area contributed by atoms with Gasteiger partial charge in [0.25, 0.3) is 0 Å². The van der Waals surface area contributed by atoms with Gasteiger partial charge in [0.15, 0.2) is 0 Å². The molecule has 3 aromatic rings. The summed E-state index contributed by atoms with van der Waals surface area (Å²) in [5.41, 5.74) is 4.10. The third kappa shape index (κ3) is 5.52. The summed E-state index contributed by atoms with van der Waals surface area (Å²) in [6, 6.07) is 32.4. The number of nitrogens with one attached hydrogen (secondary N) is 1. The predicted octanol–water partition coefficient (Wildman–Crippen LogP) is 5.22. The summed E-state index contributed by atoms with van der Waals surface area (Å²) >= 11 is 0. The first-order valence-corrected chi connectivity index (χ1v) is 8.28. The quantitative estimate of drug-likeness (QED) is 0.623. The van der Waals surface area contributed by atoms with Gasteiger partial charge in [-0.25, -0.2) is 0 Å². The SMILES string of the molecule is Cl.c1ccc(CCNC(Cc2ccccc2)c2ccccc2)cc1. The Labute approximate surface area is 151 Å². The van der Waals surface area contributed by atoms with Gasteiger partial charge in [0.2, 0.25) is 0 Å². The van der Waals surface area contributed by atoms with Crippen molar-refractivity contribution in [3.8, 4) is 0 Å². The van der Waals surface area contributed by atoms with E-state index < -0.39 is 0 Å². The van der Waals surface area contributed by atoms with Crippen LogP contribution in [0.15, 0.2) is 91.0 Å². The molecule has 3 aromatic carbocycles. The van der Waals surface area contributed by atoms with Crippen molar-refractivity contribution in [2.24, 2.45) is 0 Å². The van der Waals surface area contributed by atoms with E-state index in [0.717, 1.165) is 19.4 Å². The first kappa shape index (κ1) is 18.3. The zero-order valence-corrected chi connectivity index (χ0v) is 14.6. The highest BCUT2D eigenvalue weighted by Gasteiger charge is 2.11. The summed E-state index contributed by atoms with van der Waals surface area (Å²) in [5.74, 6) is 0. The van der Waals surface area contributed by atoms with Gasteiger partial charge in [0.1, 0.15) is 0 Å². The molecule has 0 bridgehead atoms. The Morgan fingerprint density at radius 1 is 0.625 bits per heavy atom. The number of halogens is 1. The summed E-state index contributed by atoms with van der Waals surface area (Å²) in [6.07, 6.45) is 2.07. The zero-order valence-electron chi connectivity index (χ0n) is 13.8. The summed E-state index contributed by atoms with van der Waals surface area (Å²) < 4.78 is 0. The standard InChI is InChI=1S/C22H23N.ClH/c1-4-10-19(11-5-1)16-17-23-22(21-14-8-3-9-15-21)18-20-12-6-2-7-13-20;/h1-15,22-23H,16-18H2;1H. The van der Waals surface area contributed by atoms with Crippen molar-refractivity contribution in [3.05, 3.63) is 108 Å². The minimum Gasteiger partial charge on any atom is -0.309 e. The van der Waals surface area contributed by atoms with Gasteiger partial charge < -0.3 is 5.32 Å². The molecular weight excluding hydrogens is 314 g/mol. The molecule has 0 radical (unpaired) electrons. The number of hydrogen-bond acceptors (Lipinski definition) is 1. The highest BCUT2D eigenvalue weighted by atomic mass is 35.5. The molecule has 1 unspecified atom stereocenters. The predicted molar refractivity (Wildman–Crippen MR) is 105 cm³/mol. The van der Waals surface area contributed by atoms with Gasteiger partial charge in [-0.1, -0.05) is 91.0 Å². The molecule has 1 N–H and O–H groups in total. The lowest BCUT2D eigenvalue weighted by molar-refractivity contribution is 0.534. The molecule has 2 heteroatoms. The van der Waals surface area contributed by atoms with E-state index in [1.54, 1.807) is 0 Å². The van der Waals surface area contributed by atoms with Crippen LogP contribution in [0.4, 0.5) is 0 Å². The van der Waals surface area contributed by atoms with Crippen LogP contribution in [0.1, 0.15) is 22.7 Å². The van der Waals surface area contributed by atoms with Crippen LogP contribution in [0.2, 0.25) is 0 Å². The molecular formula is C22H24ClN. The Morgan fingerprint density at radius 2 is 1.12 bits per heavy atom. The van der Waals surface area contributed by atoms with Gasteiger partial charge >= 0.3 is 0 Å². The van der Waals surface area contributed by atoms with Crippen molar-refractivity contribution < 1.29 is 0 Å². The second-order valence-corrected chi connectivity index (χ2v) is 5.84. The zero-order chi connectivity index (χ0) is 15.7. The second-order valence-electron chi connectivity index (χ2n) is 5.84. The van der Waals surface area contributed by atoms with E-state index in [2.05, 4.69) is 96.3 Å². The fourth-order valence-electron chi connectivity index (χ4n) is 2.88. The summed E-state index contributed by atoms with van der Waals surface area (Å²) in [7, 11) is 0. The van der Waals surface area contributed by atoms with Crippen molar-refractivity contribution in [2.45, 2.75) is 18.9 Å². The molecule has 3 rings (SSSR count). The van der Waals surface area contributed by atoms with Crippen LogP contribution in [0.25, 0.3) is 0 Å². The van der Waals surface area contributed by atoms with E-state index in [-0.39, 0.29) is 12.4 Å². The smallest absolute Gasteiger partial charge is 0.0360 e. The maximum atomic E-state index is 3.73. The molecule has 1 nitrogen and oxygen atoms in total. The van der Waals surface area contributed by atoms with Crippen LogP contribution in [-0.2, 0) is 12.8 Å². The fourth-order valence-corrected chi connectivity index (χ4v) is 2.88. The lowest BCUT2D eigenvalue weighted by Crippen LogP contribution is -2.25. The van der Waals surface area contributed by atoms with Gasteiger partial charge in [-0.2, -0.15) is 0 Å². The van der Waals surface area contributed by atoms with E-state index in [1.807, 2.05) is 0 Å². The molecule has 0 aromatic heterocycles. The van der Waals surface area contributed by atoms with Crippen LogP contribution in [0, 0.1) is 0 Å². The van der Waals surface area contributed by atoms with Crippen molar-refractivity contribution in [2.75, 3.05) is 6.54 Å². The molecule has 0 fully saturated rings. The average molecular weight is 338 g/mol. The molecule has 0 saturated heterocycles. The maximum Gasteiger partial charge on any atom is 0.0360 e. The van der Waals surface area contributed by atoms with Crippen LogP contribution < -0.4 is 5.32 Å². The average Bonchev–Trinajstić information content (AvgIpc) is 2.63. The minimum atomic E-state index is 0. The topological polar surface area (TPSA) is 12.0 Å². The second kappa shape index (κ2) is 9.92. The Kier molecular flexibility index (Phi) is 7.54. The largest absolute Gasteiger partial charge is 0.309 e. The van der Waals surface area contributed by atoms with E-state index in [1.165, 1.54) is 16.7 Å². The monoisotopic (exact) mass is 337 g/mol. The molecule has 24 heavy (non-hydrogen) atoms. The van der Waals surface area contributed by atoms with Crippen molar-refractivity contribution in [1.82, 2.24) is 5.32 Å². The third-order valence-electron chi connectivity index (χ3n) is 4.13. The fraction of sp³-hybridized carbons (Fsp3) is 0.182. The third-order valence-corrected chi connectivity index (χ3v) is 4.13. The molecule has 0 spiro atoms. The number of hydrogen-bond donors (Lipinski definition) is 1. The van der Waals surface area contributed by atoms with Crippen molar-refractivity contribution >= 4 is 12.4 Å². The molecule has 0 aliphatic rings. The highest BCUT2D eigenvalue weighted by Crippen LogP contribution is 2.18. The molecule has 0 saturated carbocycles. The van der Waals surface area contributed by atoms with Crippen LogP contribution in [0.5, 0.6) is 0 Å².